The molecule has 1 amide bonds. The summed E-state index contributed by atoms with van der Waals surface area (Å²) in [4.78, 5) is 11.1. The number of carbonyl (C=O) groups is 1. The first-order valence-corrected chi connectivity index (χ1v) is 6.70. The van der Waals surface area contributed by atoms with Crippen LogP contribution in [-0.4, -0.2) is 20.9 Å². The van der Waals surface area contributed by atoms with Gasteiger partial charge in [-0.15, -0.1) is 5.10 Å². The van der Waals surface area contributed by atoms with Crippen molar-refractivity contribution in [2.45, 2.75) is 52.5 Å². The second-order valence-electron chi connectivity index (χ2n) is 5.78. The number of amides is 1. The summed E-state index contributed by atoms with van der Waals surface area (Å²) in [5, 5.41) is 8.36. The molecule has 0 saturated heterocycles. The van der Waals surface area contributed by atoms with Gasteiger partial charge >= 0.3 is 0 Å². The Labute approximate surface area is 108 Å². The lowest BCUT2D eigenvalue weighted by Gasteiger charge is -2.08. The smallest absolute Gasteiger partial charge is 0.223 e. The number of nitrogens with two attached hydrogens (primary N) is 1. The Morgan fingerprint density at radius 1 is 1.56 bits per heavy atom. The number of aromatic nitrogens is 3. The number of primary amides is 1. The summed E-state index contributed by atoms with van der Waals surface area (Å²) in [5.74, 6) is 0.967. The molecule has 1 heterocycles. The van der Waals surface area contributed by atoms with Gasteiger partial charge in [-0.1, -0.05) is 26.0 Å². The largest absolute Gasteiger partial charge is 0.369 e. The van der Waals surface area contributed by atoms with E-state index < -0.39 is 0 Å². The summed E-state index contributed by atoms with van der Waals surface area (Å²) in [6.45, 7) is 6.61. The highest BCUT2D eigenvalue weighted by molar-refractivity contribution is 5.76. The molecule has 1 saturated carbocycles. The third-order valence-corrected chi connectivity index (χ3v) is 3.55. The molecule has 1 aliphatic rings. The molecule has 0 bridgehead atoms. The van der Waals surface area contributed by atoms with E-state index in [4.69, 9.17) is 5.73 Å². The molecule has 2 rings (SSSR count). The van der Waals surface area contributed by atoms with Gasteiger partial charge in [0, 0.05) is 0 Å². The summed E-state index contributed by atoms with van der Waals surface area (Å²) in [6, 6.07) is 0.473. The van der Waals surface area contributed by atoms with E-state index in [1.54, 1.807) is 0 Å². The van der Waals surface area contributed by atoms with Crippen molar-refractivity contribution in [3.63, 3.8) is 0 Å². The first-order chi connectivity index (χ1) is 8.49. The minimum Gasteiger partial charge on any atom is -0.369 e. The Bertz CT molecular complexity index is 438. The van der Waals surface area contributed by atoms with Gasteiger partial charge in [0.15, 0.2) is 0 Å². The van der Waals surface area contributed by atoms with E-state index >= 15 is 0 Å². The van der Waals surface area contributed by atoms with Crippen LogP contribution in [0.5, 0.6) is 0 Å². The van der Waals surface area contributed by atoms with Gasteiger partial charge in [-0.25, -0.2) is 4.68 Å². The van der Waals surface area contributed by atoms with Crippen LogP contribution in [0, 0.1) is 11.8 Å². The van der Waals surface area contributed by atoms with Crippen molar-refractivity contribution in [2.24, 2.45) is 17.6 Å². The Morgan fingerprint density at radius 3 is 2.72 bits per heavy atom. The number of hydrogen-bond acceptors (Lipinski definition) is 3. The van der Waals surface area contributed by atoms with Crippen LogP contribution < -0.4 is 5.73 Å². The van der Waals surface area contributed by atoms with E-state index in [1.165, 1.54) is 0 Å². The first kappa shape index (κ1) is 13.1. The molecule has 18 heavy (non-hydrogen) atoms. The van der Waals surface area contributed by atoms with Crippen molar-refractivity contribution >= 4 is 5.91 Å². The van der Waals surface area contributed by atoms with Crippen molar-refractivity contribution in [3.05, 3.63) is 11.4 Å². The van der Waals surface area contributed by atoms with E-state index in [2.05, 4.69) is 31.1 Å². The molecule has 5 nitrogen and oxygen atoms in total. The third-order valence-electron chi connectivity index (χ3n) is 3.55. The van der Waals surface area contributed by atoms with Crippen molar-refractivity contribution in [1.82, 2.24) is 15.0 Å². The lowest BCUT2D eigenvalue weighted by molar-refractivity contribution is -0.117. The summed E-state index contributed by atoms with van der Waals surface area (Å²) >= 11 is 0. The maximum Gasteiger partial charge on any atom is 0.223 e. The predicted molar refractivity (Wildman–Crippen MR) is 68.9 cm³/mol. The van der Waals surface area contributed by atoms with E-state index in [0.29, 0.717) is 17.9 Å². The monoisotopic (exact) mass is 250 g/mol. The lowest BCUT2D eigenvalue weighted by atomic mass is 10.0. The highest BCUT2D eigenvalue weighted by Crippen LogP contribution is 2.43. The average Bonchev–Trinajstić information content (AvgIpc) is 2.85. The fraction of sp³-hybridized carbons (Fsp3) is 0.769. The number of nitrogens with zero attached hydrogens (tertiary/aromatic N) is 3. The minimum atomic E-state index is -0.336. The van der Waals surface area contributed by atoms with Crippen LogP contribution >= 0.6 is 0 Å². The molecule has 2 N–H and O–H groups in total. The second-order valence-corrected chi connectivity index (χ2v) is 5.78. The Hall–Kier alpha value is -1.39. The quantitative estimate of drug-likeness (QED) is 0.831. The molecule has 1 aromatic rings. The van der Waals surface area contributed by atoms with Crippen LogP contribution in [0.1, 0.15) is 51.0 Å². The van der Waals surface area contributed by atoms with Crippen LogP contribution in [-0.2, 0) is 17.6 Å². The van der Waals surface area contributed by atoms with Crippen molar-refractivity contribution in [2.75, 3.05) is 0 Å². The van der Waals surface area contributed by atoms with Crippen LogP contribution in [0.2, 0.25) is 0 Å². The van der Waals surface area contributed by atoms with Crippen molar-refractivity contribution in [1.29, 1.82) is 0 Å². The normalized spacial score (nSPS) is 22.4. The molecular formula is C13H22N4O. The molecule has 2 atom stereocenters. The molecular weight excluding hydrogens is 228 g/mol. The molecule has 1 aliphatic carbocycles. The summed E-state index contributed by atoms with van der Waals surface area (Å²) < 4.78 is 2.02. The fourth-order valence-corrected chi connectivity index (χ4v) is 2.24. The maximum absolute atomic E-state index is 11.1. The topological polar surface area (TPSA) is 73.8 Å². The number of carbonyl (C=O) groups excluding carboxylic acids is 1. The van der Waals surface area contributed by atoms with Crippen molar-refractivity contribution < 1.29 is 4.79 Å². The number of hydrogen-bond donors (Lipinski definition) is 1. The SMILES string of the molecule is CC(C)CCc1c(CC(N)=O)nnn1C1CC1C. The van der Waals surface area contributed by atoms with Crippen molar-refractivity contribution in [3.8, 4) is 0 Å². The maximum atomic E-state index is 11.1. The van der Waals surface area contributed by atoms with E-state index in [9.17, 15) is 4.79 Å². The second kappa shape index (κ2) is 5.08. The Morgan fingerprint density at radius 2 is 2.22 bits per heavy atom. The lowest BCUT2D eigenvalue weighted by Crippen LogP contribution is -2.16. The molecule has 1 fully saturated rings. The Kier molecular flexibility index (Phi) is 3.68. The average molecular weight is 250 g/mol. The zero-order valence-electron chi connectivity index (χ0n) is 11.4. The van der Waals surface area contributed by atoms with Gasteiger partial charge in [0.1, 0.15) is 0 Å². The van der Waals surface area contributed by atoms with Crippen LogP contribution in [0.3, 0.4) is 0 Å². The summed E-state index contributed by atoms with van der Waals surface area (Å²) in [6.07, 6.45) is 3.37. The van der Waals surface area contributed by atoms with E-state index in [0.717, 1.165) is 30.7 Å². The van der Waals surface area contributed by atoms with E-state index in [1.807, 2.05) is 4.68 Å². The van der Waals surface area contributed by atoms with Gasteiger partial charge in [-0.05, 0) is 31.1 Å². The molecule has 0 radical (unpaired) electrons. The minimum absolute atomic E-state index is 0.203. The summed E-state index contributed by atoms with van der Waals surface area (Å²) in [5.41, 5.74) is 7.14. The fourth-order valence-electron chi connectivity index (χ4n) is 2.24. The Balaban J connectivity index is 2.18. The first-order valence-electron chi connectivity index (χ1n) is 6.70. The summed E-state index contributed by atoms with van der Waals surface area (Å²) in [7, 11) is 0. The highest BCUT2D eigenvalue weighted by Gasteiger charge is 2.37. The standard InChI is InChI=1S/C13H22N4O/c1-8(2)4-5-11-10(7-13(14)18)15-16-17(11)12-6-9(12)3/h8-9,12H,4-7H2,1-3H3,(H2,14,18). The molecule has 100 valence electrons. The predicted octanol–water partition coefficient (Wildman–Crippen LogP) is 1.48. The highest BCUT2D eigenvalue weighted by atomic mass is 16.1. The third kappa shape index (κ3) is 2.89. The molecule has 0 aliphatic heterocycles. The molecule has 0 aromatic carbocycles. The zero-order valence-corrected chi connectivity index (χ0v) is 11.4. The van der Waals surface area contributed by atoms with Gasteiger partial charge in [0.05, 0.1) is 23.9 Å². The molecule has 2 unspecified atom stereocenters. The van der Waals surface area contributed by atoms with Gasteiger partial charge in [-0.3, -0.25) is 4.79 Å². The van der Waals surface area contributed by atoms with Gasteiger partial charge in [-0.2, -0.15) is 0 Å². The number of rotatable bonds is 6. The van der Waals surface area contributed by atoms with Crippen LogP contribution in [0.25, 0.3) is 0 Å². The molecule has 1 aromatic heterocycles. The van der Waals surface area contributed by atoms with Gasteiger partial charge in [0.25, 0.3) is 0 Å². The molecule has 0 spiro atoms. The van der Waals surface area contributed by atoms with E-state index in [-0.39, 0.29) is 12.3 Å². The van der Waals surface area contributed by atoms with Crippen LogP contribution in [0.15, 0.2) is 0 Å². The zero-order chi connectivity index (χ0) is 13.3. The van der Waals surface area contributed by atoms with Crippen LogP contribution in [0.4, 0.5) is 0 Å². The van der Waals surface area contributed by atoms with Gasteiger partial charge in [0.2, 0.25) is 5.91 Å². The van der Waals surface area contributed by atoms with Gasteiger partial charge < -0.3 is 5.73 Å². The molecule has 5 heteroatoms.